The van der Waals surface area contributed by atoms with Crippen molar-refractivity contribution in [2.24, 2.45) is 0 Å². The zero-order chi connectivity index (χ0) is 15.5. The summed E-state index contributed by atoms with van der Waals surface area (Å²) in [5, 5.41) is 5.99. The Kier molecular flexibility index (Phi) is 4.44. The number of nitrogens with zero attached hydrogens (tertiary/aromatic N) is 1. The van der Waals surface area contributed by atoms with Crippen LogP contribution in [-0.2, 0) is 4.79 Å². The van der Waals surface area contributed by atoms with Crippen molar-refractivity contribution in [3.63, 3.8) is 0 Å². The first-order valence-electron chi connectivity index (χ1n) is 6.96. The normalized spacial score (nSPS) is 19.1. The van der Waals surface area contributed by atoms with Crippen LogP contribution < -0.4 is 10.6 Å². The molecule has 1 aliphatic heterocycles. The van der Waals surface area contributed by atoms with Gasteiger partial charge in [-0.05, 0) is 31.2 Å². The molecule has 116 valence electrons. The van der Waals surface area contributed by atoms with E-state index in [1.807, 2.05) is 6.92 Å². The molecule has 3 rings (SSSR count). The maximum absolute atomic E-state index is 12.9. The summed E-state index contributed by atoms with van der Waals surface area (Å²) in [6, 6.07) is 5.50. The molecule has 1 amide bonds. The third-order valence-electron chi connectivity index (χ3n) is 3.41. The summed E-state index contributed by atoms with van der Waals surface area (Å²) in [5.74, 6) is 2.18. The molecule has 1 fully saturated rings. The summed E-state index contributed by atoms with van der Waals surface area (Å²) < 4.78 is 18.6. The van der Waals surface area contributed by atoms with Gasteiger partial charge in [0.2, 0.25) is 11.8 Å². The molecule has 2 heterocycles. The van der Waals surface area contributed by atoms with Crippen LogP contribution in [0.5, 0.6) is 0 Å². The second-order valence-corrected chi connectivity index (χ2v) is 6.10. The molecule has 22 heavy (non-hydrogen) atoms. The summed E-state index contributed by atoms with van der Waals surface area (Å²) >= 11 is 1.69. The maximum Gasteiger partial charge on any atom is 0.238 e. The number of nitrogens with one attached hydrogen (secondary N) is 2. The minimum absolute atomic E-state index is 0.0565. The highest BCUT2D eigenvalue weighted by Gasteiger charge is 2.25. The zero-order valence-corrected chi connectivity index (χ0v) is 12.8. The van der Waals surface area contributed by atoms with E-state index in [0.717, 1.165) is 17.2 Å². The van der Waals surface area contributed by atoms with Crippen molar-refractivity contribution in [2.75, 3.05) is 11.6 Å². The van der Waals surface area contributed by atoms with Gasteiger partial charge in [0.15, 0.2) is 5.76 Å². The number of aromatic nitrogens is 1. The van der Waals surface area contributed by atoms with Crippen molar-refractivity contribution >= 4 is 17.7 Å². The van der Waals surface area contributed by atoms with Crippen molar-refractivity contribution in [1.82, 2.24) is 15.6 Å². The molecule has 1 aliphatic rings. The molecule has 1 saturated heterocycles. The molecule has 0 radical (unpaired) electrons. The lowest BCUT2D eigenvalue weighted by Gasteiger charge is -2.14. The number of rotatable bonds is 4. The Morgan fingerprint density at radius 3 is 2.95 bits per heavy atom. The Morgan fingerprint density at radius 2 is 2.27 bits per heavy atom. The average Bonchev–Trinajstić information content (AvgIpc) is 3.20. The van der Waals surface area contributed by atoms with E-state index in [2.05, 4.69) is 15.6 Å². The Morgan fingerprint density at radius 1 is 1.50 bits per heavy atom. The van der Waals surface area contributed by atoms with Gasteiger partial charge in [-0.1, -0.05) is 0 Å². The Bertz CT molecular complexity index is 653. The molecule has 2 N–H and O–H groups in total. The zero-order valence-electron chi connectivity index (χ0n) is 12.0. The van der Waals surface area contributed by atoms with Crippen LogP contribution in [0.2, 0.25) is 0 Å². The van der Waals surface area contributed by atoms with E-state index in [1.165, 1.54) is 12.1 Å². The number of thioether (sulfide) groups is 1. The van der Waals surface area contributed by atoms with Gasteiger partial charge in [-0.2, -0.15) is 0 Å². The Balaban J connectivity index is 1.67. The minimum atomic E-state index is -0.325. The number of hydrogen-bond donors (Lipinski definition) is 2. The predicted octanol–water partition coefficient (Wildman–Crippen LogP) is 2.32. The topological polar surface area (TPSA) is 67.2 Å². The van der Waals surface area contributed by atoms with Gasteiger partial charge in [-0.15, -0.1) is 11.8 Å². The van der Waals surface area contributed by atoms with Crippen LogP contribution in [0, 0.1) is 5.82 Å². The number of oxazole rings is 1. The number of amides is 1. The lowest BCUT2D eigenvalue weighted by molar-refractivity contribution is -0.123. The molecule has 2 aromatic rings. The lowest BCUT2D eigenvalue weighted by Crippen LogP contribution is -2.42. The monoisotopic (exact) mass is 321 g/mol. The highest BCUT2D eigenvalue weighted by Crippen LogP contribution is 2.23. The molecule has 0 bridgehead atoms. The predicted molar refractivity (Wildman–Crippen MR) is 82.7 cm³/mol. The van der Waals surface area contributed by atoms with E-state index in [1.54, 1.807) is 30.1 Å². The van der Waals surface area contributed by atoms with Crippen molar-refractivity contribution in [1.29, 1.82) is 0 Å². The first-order valence-corrected chi connectivity index (χ1v) is 8.12. The van der Waals surface area contributed by atoms with E-state index in [-0.39, 0.29) is 23.8 Å². The van der Waals surface area contributed by atoms with Crippen LogP contribution in [-0.4, -0.2) is 28.6 Å². The van der Waals surface area contributed by atoms with Gasteiger partial charge in [0.25, 0.3) is 0 Å². The fourth-order valence-electron chi connectivity index (χ4n) is 2.17. The number of halogens is 1. The van der Waals surface area contributed by atoms with E-state index in [0.29, 0.717) is 11.7 Å². The maximum atomic E-state index is 12.9. The molecule has 0 spiro atoms. The fraction of sp³-hybridized carbons (Fsp3) is 0.333. The van der Waals surface area contributed by atoms with E-state index in [9.17, 15) is 9.18 Å². The Hall–Kier alpha value is -1.86. The number of benzene rings is 1. The standard InChI is InChI=1S/C15H16FN3O2S/c1-9(19-14(20)12-7-22-8-18-12)15-17-6-13(21-15)10-2-4-11(16)5-3-10/h2-6,9,12,18H,7-8H2,1H3,(H,19,20). The first-order chi connectivity index (χ1) is 10.6. The third-order valence-corrected chi connectivity index (χ3v) is 4.35. The van der Waals surface area contributed by atoms with Gasteiger partial charge in [0, 0.05) is 17.2 Å². The van der Waals surface area contributed by atoms with Crippen molar-refractivity contribution in [3.8, 4) is 11.3 Å². The van der Waals surface area contributed by atoms with E-state index < -0.39 is 0 Å². The SMILES string of the molecule is CC(NC(=O)C1CSCN1)c1ncc(-c2ccc(F)cc2)o1. The summed E-state index contributed by atoms with van der Waals surface area (Å²) in [5.41, 5.74) is 0.743. The average molecular weight is 321 g/mol. The minimum Gasteiger partial charge on any atom is -0.438 e. The molecule has 0 saturated carbocycles. The van der Waals surface area contributed by atoms with Gasteiger partial charge in [0.1, 0.15) is 11.9 Å². The summed E-state index contributed by atoms with van der Waals surface area (Å²) in [7, 11) is 0. The summed E-state index contributed by atoms with van der Waals surface area (Å²) in [4.78, 5) is 16.2. The molecule has 2 unspecified atom stereocenters. The van der Waals surface area contributed by atoms with Gasteiger partial charge in [-0.3, -0.25) is 10.1 Å². The quantitative estimate of drug-likeness (QED) is 0.904. The molecule has 1 aromatic carbocycles. The second kappa shape index (κ2) is 6.50. The molecule has 0 aliphatic carbocycles. The number of carbonyl (C=O) groups is 1. The fourth-order valence-corrected chi connectivity index (χ4v) is 3.12. The third kappa shape index (κ3) is 3.31. The van der Waals surface area contributed by atoms with Crippen molar-refractivity contribution < 1.29 is 13.6 Å². The van der Waals surface area contributed by atoms with Crippen LogP contribution in [0.25, 0.3) is 11.3 Å². The molecule has 1 aromatic heterocycles. The van der Waals surface area contributed by atoms with Crippen LogP contribution in [0.1, 0.15) is 18.9 Å². The number of hydrogen-bond acceptors (Lipinski definition) is 5. The van der Waals surface area contributed by atoms with Gasteiger partial charge >= 0.3 is 0 Å². The van der Waals surface area contributed by atoms with Crippen molar-refractivity contribution in [2.45, 2.75) is 19.0 Å². The van der Waals surface area contributed by atoms with Crippen LogP contribution in [0.15, 0.2) is 34.9 Å². The number of carbonyl (C=O) groups excluding carboxylic acids is 1. The second-order valence-electron chi connectivity index (χ2n) is 5.07. The van der Waals surface area contributed by atoms with E-state index in [4.69, 9.17) is 4.42 Å². The molecule has 2 atom stereocenters. The summed E-state index contributed by atoms with van der Waals surface area (Å²) in [6.45, 7) is 1.82. The van der Waals surface area contributed by atoms with Gasteiger partial charge in [0.05, 0.1) is 12.2 Å². The van der Waals surface area contributed by atoms with Crippen LogP contribution >= 0.6 is 11.8 Å². The highest BCUT2D eigenvalue weighted by molar-refractivity contribution is 7.99. The molecule has 7 heteroatoms. The largest absolute Gasteiger partial charge is 0.438 e. The van der Waals surface area contributed by atoms with E-state index >= 15 is 0 Å². The van der Waals surface area contributed by atoms with Crippen molar-refractivity contribution in [3.05, 3.63) is 42.2 Å². The molecular formula is C15H16FN3O2S. The highest BCUT2D eigenvalue weighted by atomic mass is 32.2. The first kappa shape index (κ1) is 15.1. The Labute approximate surface area is 131 Å². The lowest BCUT2D eigenvalue weighted by atomic mass is 10.2. The molecule has 5 nitrogen and oxygen atoms in total. The van der Waals surface area contributed by atoms with Crippen LogP contribution in [0.4, 0.5) is 4.39 Å². The van der Waals surface area contributed by atoms with Gasteiger partial charge < -0.3 is 9.73 Å². The van der Waals surface area contributed by atoms with Gasteiger partial charge in [-0.25, -0.2) is 9.37 Å². The molecular weight excluding hydrogens is 305 g/mol. The van der Waals surface area contributed by atoms with Crippen LogP contribution in [0.3, 0.4) is 0 Å². The smallest absolute Gasteiger partial charge is 0.238 e. The summed E-state index contributed by atoms with van der Waals surface area (Å²) in [6.07, 6.45) is 1.58.